The number of hydrogen-bond donors (Lipinski definition) is 2. The molecule has 0 radical (unpaired) electrons. The van der Waals surface area contributed by atoms with Gasteiger partial charge in [0, 0.05) is 48.4 Å². The van der Waals surface area contributed by atoms with Crippen LogP contribution in [0, 0.1) is 5.92 Å². The second-order valence-electron chi connectivity index (χ2n) is 9.70. The van der Waals surface area contributed by atoms with Crippen molar-refractivity contribution in [1.82, 2.24) is 10.6 Å². The largest absolute Gasteiger partial charge is 0.748 e. The number of benzene rings is 1. The molecule has 8 nitrogen and oxygen atoms in total. The average Bonchev–Trinajstić information content (AvgIpc) is 2.93. The summed E-state index contributed by atoms with van der Waals surface area (Å²) in [6, 6.07) is 5.95. The minimum atomic E-state index is -4.25. The normalized spacial score (nSPS) is 14.8. The van der Waals surface area contributed by atoms with Gasteiger partial charge in [-0.1, -0.05) is 26.5 Å². The highest BCUT2D eigenvalue weighted by atomic mass is 32.2. The topological polar surface area (TPSA) is 118 Å². The van der Waals surface area contributed by atoms with Gasteiger partial charge in [-0.2, -0.15) is 4.58 Å². The van der Waals surface area contributed by atoms with Crippen molar-refractivity contribution in [3.05, 3.63) is 41.5 Å². The minimum absolute atomic E-state index is 0.0902. The van der Waals surface area contributed by atoms with Crippen molar-refractivity contribution in [3.8, 4) is 0 Å². The lowest BCUT2D eigenvalue weighted by Gasteiger charge is -2.20. The Balaban J connectivity index is 2.06. The van der Waals surface area contributed by atoms with Crippen LogP contribution in [0.3, 0.4) is 0 Å². The zero-order valence-corrected chi connectivity index (χ0v) is 21.7. The summed E-state index contributed by atoms with van der Waals surface area (Å²) in [6.07, 6.45) is 1.13. The maximum absolute atomic E-state index is 12.4. The van der Waals surface area contributed by atoms with Crippen LogP contribution in [0.25, 0.3) is 0 Å². The van der Waals surface area contributed by atoms with E-state index >= 15 is 0 Å². The summed E-state index contributed by atoms with van der Waals surface area (Å²) in [5, 5.41) is 5.62. The Kier molecular flexibility index (Phi) is 9.19. The van der Waals surface area contributed by atoms with Crippen LogP contribution in [-0.2, 0) is 31.5 Å². The van der Waals surface area contributed by atoms with Gasteiger partial charge in [0.05, 0.1) is 22.0 Å². The van der Waals surface area contributed by atoms with E-state index in [-0.39, 0.29) is 41.7 Å². The number of carbonyl (C=O) groups excluding carboxylic acids is 2. The van der Waals surface area contributed by atoms with Crippen LogP contribution < -0.4 is 10.6 Å². The van der Waals surface area contributed by atoms with Gasteiger partial charge in [-0.3, -0.25) is 9.59 Å². The number of fused-ring (bicyclic) bond motifs is 1. The Hall–Kier alpha value is -2.52. The van der Waals surface area contributed by atoms with Crippen molar-refractivity contribution in [2.75, 3.05) is 25.4 Å². The van der Waals surface area contributed by atoms with Crippen LogP contribution in [0.2, 0.25) is 0 Å². The number of rotatable bonds is 12. The van der Waals surface area contributed by atoms with Crippen LogP contribution in [0.1, 0.15) is 58.6 Å². The van der Waals surface area contributed by atoms with Gasteiger partial charge < -0.3 is 15.2 Å². The molecule has 1 aliphatic rings. The molecule has 1 aromatic carbocycles. The van der Waals surface area contributed by atoms with E-state index in [0.29, 0.717) is 31.6 Å². The Morgan fingerprint density at radius 3 is 2.38 bits per heavy atom. The Morgan fingerprint density at radius 2 is 1.79 bits per heavy atom. The molecule has 188 valence electrons. The van der Waals surface area contributed by atoms with Crippen LogP contribution in [0.15, 0.2) is 30.4 Å². The molecular formula is C25H37N3O5S. The maximum atomic E-state index is 12.4. The molecule has 9 heteroatoms. The van der Waals surface area contributed by atoms with Crippen molar-refractivity contribution >= 4 is 33.3 Å². The number of carbonyl (C=O) groups is 2. The van der Waals surface area contributed by atoms with Gasteiger partial charge >= 0.3 is 0 Å². The van der Waals surface area contributed by atoms with Crippen molar-refractivity contribution < 1.29 is 27.1 Å². The molecule has 0 spiro atoms. The van der Waals surface area contributed by atoms with Gasteiger partial charge in [0.25, 0.3) is 0 Å². The summed E-state index contributed by atoms with van der Waals surface area (Å²) >= 11 is 0. The molecule has 2 amide bonds. The van der Waals surface area contributed by atoms with Crippen molar-refractivity contribution in [3.63, 3.8) is 0 Å². The number of nitrogens with one attached hydrogen (secondary N) is 2. The summed E-state index contributed by atoms with van der Waals surface area (Å²) in [6.45, 7) is 15.1. The standard InChI is InChI=1S/C25H37N3O5S/c1-17(2)23-25(5,6)20-15-19(9-10-21(20)28(23)13-8-14-34(31,32)33)16-22(29)26-11-7-12-27-24(30)18(3)4/h9-10,15,17H,3,7-8,11-14,16H2,1-2,4-6H3,(H2-,26,27,29,30,31,32,33). The Bertz CT molecular complexity index is 1090. The van der Waals surface area contributed by atoms with Crippen LogP contribution in [0.5, 0.6) is 0 Å². The summed E-state index contributed by atoms with van der Waals surface area (Å²) in [5.74, 6) is -0.441. The Morgan fingerprint density at radius 1 is 1.15 bits per heavy atom. The highest BCUT2D eigenvalue weighted by Gasteiger charge is 2.46. The average molecular weight is 492 g/mol. The van der Waals surface area contributed by atoms with Crippen molar-refractivity contribution in [2.24, 2.45) is 5.92 Å². The lowest BCUT2D eigenvalue weighted by atomic mass is 9.77. The third-order valence-corrected chi connectivity index (χ3v) is 6.78. The van der Waals surface area contributed by atoms with Crippen LogP contribution in [0.4, 0.5) is 5.69 Å². The SMILES string of the molecule is C=C(C)C(=O)NCCCNC(=O)Cc1ccc2c(c1)C(C)(C)C(C(C)C)=[N+]2CCCS(=O)(=O)[O-]. The second-order valence-corrected chi connectivity index (χ2v) is 11.2. The fraction of sp³-hybridized carbons (Fsp3) is 0.560. The second kappa shape index (κ2) is 11.3. The smallest absolute Gasteiger partial charge is 0.246 e. The molecule has 1 aromatic rings. The number of nitrogens with zero attached hydrogens (tertiary/aromatic N) is 1. The molecule has 0 aliphatic carbocycles. The highest BCUT2D eigenvalue weighted by molar-refractivity contribution is 7.85. The van der Waals surface area contributed by atoms with E-state index in [2.05, 4.69) is 55.5 Å². The van der Waals surface area contributed by atoms with Gasteiger partial charge in [-0.15, -0.1) is 0 Å². The van der Waals surface area contributed by atoms with E-state index in [9.17, 15) is 22.6 Å². The lowest BCUT2D eigenvalue weighted by Crippen LogP contribution is -2.34. The third kappa shape index (κ3) is 7.24. The monoisotopic (exact) mass is 491 g/mol. The van der Waals surface area contributed by atoms with E-state index in [0.717, 1.165) is 16.8 Å². The first kappa shape index (κ1) is 27.7. The summed E-state index contributed by atoms with van der Waals surface area (Å²) in [7, 11) is -4.25. The predicted molar refractivity (Wildman–Crippen MR) is 132 cm³/mol. The molecule has 0 saturated carbocycles. The fourth-order valence-corrected chi connectivity index (χ4v) is 5.11. The van der Waals surface area contributed by atoms with Gasteiger partial charge in [0.2, 0.25) is 17.5 Å². The molecule has 0 fully saturated rings. The van der Waals surface area contributed by atoms with Gasteiger partial charge in [-0.25, -0.2) is 8.42 Å². The van der Waals surface area contributed by atoms with Crippen molar-refractivity contribution in [1.29, 1.82) is 0 Å². The van der Waals surface area contributed by atoms with E-state index in [1.165, 1.54) is 5.71 Å². The summed E-state index contributed by atoms with van der Waals surface area (Å²) < 4.78 is 35.3. The predicted octanol–water partition coefficient (Wildman–Crippen LogP) is 2.40. The third-order valence-electron chi connectivity index (χ3n) is 5.99. The van der Waals surface area contributed by atoms with E-state index in [4.69, 9.17) is 0 Å². The molecular weight excluding hydrogens is 454 g/mol. The molecule has 2 rings (SSSR count). The van der Waals surface area contributed by atoms with Gasteiger partial charge in [-0.05, 0) is 38.8 Å². The number of hydrogen-bond acceptors (Lipinski definition) is 5. The molecule has 0 saturated heterocycles. The van der Waals surface area contributed by atoms with E-state index in [1.54, 1.807) is 6.92 Å². The first-order valence-corrected chi connectivity index (χ1v) is 13.2. The molecule has 0 unspecified atom stereocenters. The molecule has 0 bridgehead atoms. The van der Waals surface area contributed by atoms with Crippen LogP contribution >= 0.6 is 0 Å². The minimum Gasteiger partial charge on any atom is -0.748 e. The molecule has 34 heavy (non-hydrogen) atoms. The molecule has 0 atom stereocenters. The maximum Gasteiger partial charge on any atom is 0.246 e. The zero-order chi connectivity index (χ0) is 25.7. The highest BCUT2D eigenvalue weighted by Crippen LogP contribution is 2.42. The van der Waals surface area contributed by atoms with Crippen LogP contribution in [-0.4, -0.2) is 60.5 Å². The summed E-state index contributed by atoms with van der Waals surface area (Å²) in [4.78, 5) is 23.9. The first-order valence-electron chi connectivity index (χ1n) is 11.7. The molecule has 1 aliphatic heterocycles. The fourth-order valence-electron chi connectivity index (χ4n) is 4.62. The van der Waals surface area contributed by atoms with Gasteiger partial charge in [0.1, 0.15) is 6.54 Å². The Labute approximate surface area is 203 Å². The quantitative estimate of drug-likeness (QED) is 0.201. The lowest BCUT2D eigenvalue weighted by molar-refractivity contribution is -0.440. The molecule has 1 heterocycles. The van der Waals surface area contributed by atoms with Crippen molar-refractivity contribution in [2.45, 2.75) is 59.3 Å². The van der Waals surface area contributed by atoms with Gasteiger partial charge in [0.15, 0.2) is 5.71 Å². The zero-order valence-electron chi connectivity index (χ0n) is 20.9. The van der Waals surface area contributed by atoms with E-state index < -0.39 is 10.1 Å². The van der Waals surface area contributed by atoms with E-state index in [1.807, 2.05) is 12.1 Å². The summed E-state index contributed by atoms with van der Waals surface area (Å²) in [5.41, 5.74) is 4.32. The molecule has 0 aromatic heterocycles. The number of amides is 2. The first-order chi connectivity index (χ1) is 15.7. The molecule has 2 N–H and O–H groups in total.